The fourth-order valence-electron chi connectivity index (χ4n) is 4.06. The van der Waals surface area contributed by atoms with Crippen molar-refractivity contribution in [1.29, 1.82) is 0 Å². The van der Waals surface area contributed by atoms with Crippen molar-refractivity contribution < 1.29 is 14.0 Å². The van der Waals surface area contributed by atoms with Gasteiger partial charge in [-0.3, -0.25) is 14.6 Å². The Morgan fingerprint density at radius 2 is 1.93 bits per heavy atom. The van der Waals surface area contributed by atoms with Crippen LogP contribution in [0.4, 0.5) is 4.39 Å². The molecule has 1 aliphatic carbocycles. The fraction of sp³-hybridized carbons (Fsp3) is 0.435. The van der Waals surface area contributed by atoms with Crippen LogP contribution in [0.15, 0.2) is 48.7 Å². The Morgan fingerprint density at radius 1 is 1.14 bits per heavy atom. The summed E-state index contributed by atoms with van der Waals surface area (Å²) in [5.41, 5.74) is 1.51. The lowest BCUT2D eigenvalue weighted by Crippen LogP contribution is -2.37. The molecule has 1 aliphatic rings. The Balaban J connectivity index is 1.64. The molecule has 0 saturated heterocycles. The number of halogens is 1. The molecule has 1 heterocycles. The summed E-state index contributed by atoms with van der Waals surface area (Å²) in [4.78, 5) is 28.3. The molecular weight excluding hydrogens is 369 g/mol. The summed E-state index contributed by atoms with van der Waals surface area (Å²) in [6.45, 7) is 2.25. The van der Waals surface area contributed by atoms with Crippen molar-refractivity contribution in [3.8, 4) is 0 Å². The number of benzene rings is 1. The SMILES string of the molecule is CC(=O)NCC1CCC(C(NC(=O)Cc2cccc(F)c2)c2ccccn2)CC1. The smallest absolute Gasteiger partial charge is 0.224 e. The van der Waals surface area contributed by atoms with Crippen molar-refractivity contribution in [2.75, 3.05) is 6.54 Å². The highest BCUT2D eigenvalue weighted by Gasteiger charge is 2.30. The summed E-state index contributed by atoms with van der Waals surface area (Å²) in [5, 5.41) is 6.05. The molecule has 154 valence electrons. The first kappa shape index (κ1) is 21.0. The van der Waals surface area contributed by atoms with E-state index in [9.17, 15) is 14.0 Å². The molecule has 29 heavy (non-hydrogen) atoms. The van der Waals surface area contributed by atoms with Gasteiger partial charge in [0.1, 0.15) is 5.82 Å². The van der Waals surface area contributed by atoms with E-state index < -0.39 is 0 Å². The number of carbonyl (C=O) groups is 2. The summed E-state index contributed by atoms with van der Waals surface area (Å²) in [6.07, 6.45) is 5.82. The second kappa shape index (κ2) is 10.1. The highest BCUT2D eigenvalue weighted by atomic mass is 19.1. The van der Waals surface area contributed by atoms with Crippen LogP contribution in [0, 0.1) is 17.7 Å². The molecule has 1 atom stereocenters. The van der Waals surface area contributed by atoms with Crippen LogP contribution < -0.4 is 10.6 Å². The third-order valence-electron chi connectivity index (χ3n) is 5.58. The molecule has 1 saturated carbocycles. The molecule has 2 aromatic rings. The van der Waals surface area contributed by atoms with Crippen LogP contribution in [0.2, 0.25) is 0 Å². The van der Waals surface area contributed by atoms with Gasteiger partial charge in [0.2, 0.25) is 11.8 Å². The van der Waals surface area contributed by atoms with E-state index in [1.54, 1.807) is 18.3 Å². The van der Waals surface area contributed by atoms with Gasteiger partial charge < -0.3 is 10.6 Å². The molecular formula is C23H28FN3O2. The molecule has 1 aromatic heterocycles. The summed E-state index contributed by atoms with van der Waals surface area (Å²) < 4.78 is 13.4. The number of amides is 2. The molecule has 0 spiro atoms. The van der Waals surface area contributed by atoms with E-state index in [2.05, 4.69) is 15.6 Å². The van der Waals surface area contributed by atoms with E-state index in [4.69, 9.17) is 0 Å². The Bertz CT molecular complexity index is 820. The Morgan fingerprint density at radius 3 is 2.59 bits per heavy atom. The van der Waals surface area contributed by atoms with Crippen molar-refractivity contribution in [1.82, 2.24) is 15.6 Å². The van der Waals surface area contributed by atoms with Crippen LogP contribution in [0.3, 0.4) is 0 Å². The van der Waals surface area contributed by atoms with Crippen molar-refractivity contribution >= 4 is 11.8 Å². The number of carbonyl (C=O) groups excluding carboxylic acids is 2. The molecule has 1 unspecified atom stereocenters. The standard InChI is InChI=1S/C23H28FN3O2/c1-16(28)26-15-17-8-10-19(11-9-17)23(21-7-2-3-12-25-21)27-22(29)14-18-5-4-6-20(24)13-18/h2-7,12-13,17,19,23H,8-11,14-15H2,1H3,(H,26,28)(H,27,29). The average molecular weight is 397 g/mol. The molecule has 6 heteroatoms. The Kier molecular flexibility index (Phi) is 7.33. The fourth-order valence-corrected chi connectivity index (χ4v) is 4.06. The van der Waals surface area contributed by atoms with Crippen LogP contribution in [0.25, 0.3) is 0 Å². The predicted octanol–water partition coefficient (Wildman–Crippen LogP) is 3.56. The highest BCUT2D eigenvalue weighted by Crippen LogP contribution is 2.36. The van der Waals surface area contributed by atoms with Gasteiger partial charge in [0.25, 0.3) is 0 Å². The zero-order valence-electron chi connectivity index (χ0n) is 16.7. The number of rotatable bonds is 7. The second-order valence-electron chi connectivity index (χ2n) is 7.82. The summed E-state index contributed by atoms with van der Waals surface area (Å²) in [7, 11) is 0. The first-order chi connectivity index (χ1) is 14.0. The Labute approximate surface area is 171 Å². The van der Waals surface area contributed by atoms with Crippen molar-refractivity contribution in [2.45, 2.75) is 45.1 Å². The minimum absolute atomic E-state index is 0.00287. The van der Waals surface area contributed by atoms with E-state index in [1.165, 1.54) is 19.1 Å². The number of hydrogen-bond acceptors (Lipinski definition) is 3. The topological polar surface area (TPSA) is 71.1 Å². The molecule has 2 amide bonds. The molecule has 1 aromatic carbocycles. The zero-order chi connectivity index (χ0) is 20.6. The molecule has 0 radical (unpaired) electrons. The quantitative estimate of drug-likeness (QED) is 0.750. The Hall–Kier alpha value is -2.76. The number of pyridine rings is 1. The molecule has 0 bridgehead atoms. The summed E-state index contributed by atoms with van der Waals surface area (Å²) in [5.74, 6) is 0.293. The number of nitrogens with zero attached hydrogens (tertiary/aromatic N) is 1. The first-order valence-electron chi connectivity index (χ1n) is 10.2. The van der Waals surface area contributed by atoms with Crippen LogP contribution in [0.1, 0.15) is 49.9 Å². The van der Waals surface area contributed by atoms with E-state index in [0.717, 1.165) is 31.4 Å². The van der Waals surface area contributed by atoms with Crippen molar-refractivity contribution in [3.63, 3.8) is 0 Å². The van der Waals surface area contributed by atoms with E-state index in [0.29, 0.717) is 18.0 Å². The normalized spacial score (nSPS) is 19.9. The number of nitrogens with one attached hydrogen (secondary N) is 2. The van der Waals surface area contributed by atoms with Crippen molar-refractivity contribution in [2.24, 2.45) is 11.8 Å². The maximum absolute atomic E-state index is 13.4. The lowest BCUT2D eigenvalue weighted by atomic mass is 9.77. The van der Waals surface area contributed by atoms with Crippen LogP contribution in [-0.4, -0.2) is 23.3 Å². The van der Waals surface area contributed by atoms with Crippen LogP contribution in [0.5, 0.6) is 0 Å². The second-order valence-corrected chi connectivity index (χ2v) is 7.82. The zero-order valence-corrected chi connectivity index (χ0v) is 16.7. The van der Waals surface area contributed by atoms with Gasteiger partial charge in [-0.2, -0.15) is 0 Å². The molecule has 5 nitrogen and oxygen atoms in total. The third kappa shape index (κ3) is 6.38. The maximum atomic E-state index is 13.4. The van der Waals surface area contributed by atoms with Crippen molar-refractivity contribution in [3.05, 3.63) is 65.7 Å². The van der Waals surface area contributed by atoms with E-state index in [1.807, 2.05) is 18.2 Å². The van der Waals surface area contributed by atoms with Gasteiger partial charge in [-0.05, 0) is 67.3 Å². The minimum Gasteiger partial charge on any atom is -0.356 e. The minimum atomic E-state index is -0.339. The lowest BCUT2D eigenvalue weighted by Gasteiger charge is -2.34. The van der Waals surface area contributed by atoms with Gasteiger partial charge in [0.15, 0.2) is 0 Å². The predicted molar refractivity (Wildman–Crippen MR) is 109 cm³/mol. The molecule has 2 N–H and O–H groups in total. The molecule has 3 rings (SSSR count). The first-order valence-corrected chi connectivity index (χ1v) is 10.2. The lowest BCUT2D eigenvalue weighted by molar-refractivity contribution is -0.122. The largest absolute Gasteiger partial charge is 0.356 e. The van der Waals surface area contributed by atoms with Gasteiger partial charge in [0.05, 0.1) is 18.2 Å². The van der Waals surface area contributed by atoms with Crippen LogP contribution >= 0.6 is 0 Å². The molecule has 0 aliphatic heterocycles. The maximum Gasteiger partial charge on any atom is 0.224 e. The number of aromatic nitrogens is 1. The highest BCUT2D eigenvalue weighted by molar-refractivity contribution is 5.79. The van der Waals surface area contributed by atoms with Gasteiger partial charge >= 0.3 is 0 Å². The van der Waals surface area contributed by atoms with E-state index >= 15 is 0 Å². The summed E-state index contributed by atoms with van der Waals surface area (Å²) in [6, 6.07) is 11.7. The van der Waals surface area contributed by atoms with Gasteiger partial charge in [-0.15, -0.1) is 0 Å². The van der Waals surface area contributed by atoms with Gasteiger partial charge in [-0.25, -0.2) is 4.39 Å². The van der Waals surface area contributed by atoms with Crippen LogP contribution in [-0.2, 0) is 16.0 Å². The average Bonchev–Trinajstić information content (AvgIpc) is 2.71. The monoisotopic (exact) mass is 397 g/mol. The number of hydrogen-bond donors (Lipinski definition) is 2. The summed E-state index contributed by atoms with van der Waals surface area (Å²) >= 11 is 0. The van der Waals surface area contributed by atoms with E-state index in [-0.39, 0.29) is 36.0 Å². The van der Waals surface area contributed by atoms with Gasteiger partial charge in [-0.1, -0.05) is 18.2 Å². The third-order valence-corrected chi connectivity index (χ3v) is 5.58. The van der Waals surface area contributed by atoms with Gasteiger partial charge in [0, 0.05) is 19.7 Å². The molecule has 1 fully saturated rings.